The Labute approximate surface area is 193 Å². The lowest BCUT2D eigenvalue weighted by Crippen LogP contribution is -2.40. The maximum Gasteiger partial charge on any atom is 0.253 e. The number of amides is 2. The van der Waals surface area contributed by atoms with Gasteiger partial charge in [0.2, 0.25) is 0 Å². The Hall–Kier alpha value is -1.92. The zero-order valence-corrected chi connectivity index (χ0v) is 19.9. The molecule has 178 valence electrons. The van der Waals surface area contributed by atoms with Crippen molar-refractivity contribution < 1.29 is 19.1 Å². The van der Waals surface area contributed by atoms with Gasteiger partial charge in [-0.15, -0.1) is 0 Å². The Morgan fingerprint density at radius 1 is 0.750 bits per heavy atom. The van der Waals surface area contributed by atoms with Crippen molar-refractivity contribution in [2.75, 3.05) is 39.4 Å². The molecule has 3 rings (SSSR count). The van der Waals surface area contributed by atoms with Crippen molar-refractivity contribution in [1.29, 1.82) is 0 Å². The fraction of sp³-hybridized carbons (Fsp3) is 0.692. The maximum atomic E-state index is 13.1. The van der Waals surface area contributed by atoms with E-state index in [9.17, 15) is 9.59 Å². The van der Waals surface area contributed by atoms with Crippen molar-refractivity contribution in [3.8, 4) is 0 Å². The van der Waals surface area contributed by atoms with E-state index in [1.165, 1.54) is 0 Å². The first-order valence-electron chi connectivity index (χ1n) is 12.5. The monoisotopic (exact) mass is 444 g/mol. The average Bonchev–Trinajstić information content (AvgIpc) is 2.84. The Morgan fingerprint density at radius 3 is 1.47 bits per heavy atom. The first-order valence-corrected chi connectivity index (χ1v) is 12.5. The summed E-state index contributed by atoms with van der Waals surface area (Å²) in [6.07, 6.45) is 8.64. The van der Waals surface area contributed by atoms with Gasteiger partial charge in [0.25, 0.3) is 11.8 Å². The summed E-state index contributed by atoms with van der Waals surface area (Å²) in [5, 5.41) is 0. The summed E-state index contributed by atoms with van der Waals surface area (Å²) in [5.41, 5.74) is 1.26. The van der Waals surface area contributed by atoms with E-state index in [-0.39, 0.29) is 24.0 Å². The average molecular weight is 445 g/mol. The summed E-state index contributed by atoms with van der Waals surface area (Å²) in [4.78, 5) is 30.1. The standard InChI is InChI=1S/C26H40N2O4/c1-3-15-27(19-23-9-5-7-17-31-23)25(29)21-11-13-22(14-12-21)26(30)28(16-4-2)20-24-10-6-8-18-32-24/h11-14,23-24H,3-10,15-20H2,1-2H3. The first kappa shape index (κ1) is 24.7. The highest BCUT2D eigenvalue weighted by Gasteiger charge is 2.24. The van der Waals surface area contributed by atoms with E-state index in [2.05, 4.69) is 13.8 Å². The molecule has 0 saturated carbocycles. The molecule has 2 saturated heterocycles. The molecule has 1 aromatic carbocycles. The van der Waals surface area contributed by atoms with Gasteiger partial charge in [-0.25, -0.2) is 0 Å². The summed E-state index contributed by atoms with van der Waals surface area (Å²) >= 11 is 0. The van der Waals surface area contributed by atoms with Crippen molar-refractivity contribution in [2.24, 2.45) is 0 Å². The normalized spacial score (nSPS) is 21.2. The third-order valence-corrected chi connectivity index (χ3v) is 6.34. The topological polar surface area (TPSA) is 59.1 Å². The Kier molecular flexibility index (Phi) is 10.0. The fourth-order valence-electron chi connectivity index (χ4n) is 4.61. The van der Waals surface area contributed by atoms with E-state index >= 15 is 0 Å². The number of nitrogens with zero attached hydrogens (tertiary/aromatic N) is 2. The van der Waals surface area contributed by atoms with Crippen LogP contribution in [-0.4, -0.2) is 73.2 Å². The van der Waals surface area contributed by atoms with Crippen LogP contribution in [0.25, 0.3) is 0 Å². The number of rotatable bonds is 10. The van der Waals surface area contributed by atoms with Crippen LogP contribution in [0.5, 0.6) is 0 Å². The van der Waals surface area contributed by atoms with Crippen LogP contribution in [0.1, 0.15) is 85.9 Å². The third-order valence-electron chi connectivity index (χ3n) is 6.34. The molecule has 1 aromatic rings. The number of carbonyl (C=O) groups excluding carboxylic acids is 2. The van der Waals surface area contributed by atoms with E-state index in [0.717, 1.165) is 64.6 Å². The van der Waals surface area contributed by atoms with E-state index in [4.69, 9.17) is 9.47 Å². The second-order valence-corrected chi connectivity index (χ2v) is 9.06. The van der Waals surface area contributed by atoms with Gasteiger partial charge in [-0.2, -0.15) is 0 Å². The van der Waals surface area contributed by atoms with Gasteiger partial charge in [-0.3, -0.25) is 9.59 Å². The Morgan fingerprint density at radius 2 is 1.16 bits per heavy atom. The second-order valence-electron chi connectivity index (χ2n) is 9.06. The molecule has 6 nitrogen and oxygen atoms in total. The van der Waals surface area contributed by atoms with E-state index in [1.54, 1.807) is 24.3 Å². The summed E-state index contributed by atoms with van der Waals surface area (Å²) < 4.78 is 11.7. The molecule has 0 aromatic heterocycles. The van der Waals surface area contributed by atoms with Crippen LogP contribution in [0, 0.1) is 0 Å². The van der Waals surface area contributed by atoms with E-state index in [0.29, 0.717) is 37.3 Å². The molecule has 0 spiro atoms. The van der Waals surface area contributed by atoms with Gasteiger partial charge in [-0.1, -0.05) is 13.8 Å². The lowest BCUT2D eigenvalue weighted by atomic mass is 10.1. The lowest BCUT2D eigenvalue weighted by Gasteiger charge is -2.30. The van der Waals surface area contributed by atoms with Crippen molar-refractivity contribution in [3.05, 3.63) is 35.4 Å². The molecule has 2 amide bonds. The van der Waals surface area contributed by atoms with Gasteiger partial charge >= 0.3 is 0 Å². The molecule has 2 unspecified atom stereocenters. The van der Waals surface area contributed by atoms with Crippen molar-refractivity contribution in [2.45, 2.75) is 77.4 Å². The number of carbonyl (C=O) groups is 2. The summed E-state index contributed by atoms with van der Waals surface area (Å²) in [5.74, 6) is 0.0297. The molecule has 2 aliphatic heterocycles. The number of hydrogen-bond acceptors (Lipinski definition) is 4. The highest BCUT2D eigenvalue weighted by molar-refractivity contribution is 5.97. The van der Waals surface area contributed by atoms with E-state index < -0.39 is 0 Å². The SMILES string of the molecule is CCCN(CC1CCCCO1)C(=O)c1ccc(C(=O)N(CCC)CC2CCCCO2)cc1. The lowest BCUT2D eigenvalue weighted by molar-refractivity contribution is -0.00393. The minimum Gasteiger partial charge on any atom is -0.376 e. The van der Waals surface area contributed by atoms with Gasteiger partial charge in [-0.05, 0) is 75.6 Å². The molecule has 6 heteroatoms. The van der Waals surface area contributed by atoms with Gasteiger partial charge in [0, 0.05) is 50.5 Å². The summed E-state index contributed by atoms with van der Waals surface area (Å²) in [6, 6.07) is 7.17. The van der Waals surface area contributed by atoms with Crippen LogP contribution in [0.3, 0.4) is 0 Å². The van der Waals surface area contributed by atoms with Crippen LogP contribution in [-0.2, 0) is 9.47 Å². The highest BCUT2D eigenvalue weighted by atomic mass is 16.5. The minimum absolute atomic E-state index is 0.0149. The van der Waals surface area contributed by atoms with Crippen LogP contribution < -0.4 is 0 Å². The third kappa shape index (κ3) is 7.04. The van der Waals surface area contributed by atoms with Crippen molar-refractivity contribution >= 4 is 11.8 Å². The molecule has 0 radical (unpaired) electrons. The first-order chi connectivity index (χ1) is 15.6. The molecule has 2 aliphatic rings. The Balaban J connectivity index is 1.64. The zero-order valence-electron chi connectivity index (χ0n) is 19.9. The summed E-state index contributed by atoms with van der Waals surface area (Å²) in [6.45, 7) is 8.45. The molecule has 2 fully saturated rings. The van der Waals surface area contributed by atoms with Gasteiger partial charge in [0.15, 0.2) is 0 Å². The summed E-state index contributed by atoms with van der Waals surface area (Å²) in [7, 11) is 0. The number of benzene rings is 1. The smallest absolute Gasteiger partial charge is 0.253 e. The zero-order chi connectivity index (χ0) is 22.8. The van der Waals surface area contributed by atoms with Crippen LogP contribution in [0.2, 0.25) is 0 Å². The molecule has 0 aliphatic carbocycles. The molecule has 32 heavy (non-hydrogen) atoms. The minimum atomic E-state index is 0.0149. The molecule has 2 heterocycles. The van der Waals surface area contributed by atoms with Crippen LogP contribution in [0.4, 0.5) is 0 Å². The van der Waals surface area contributed by atoms with Crippen molar-refractivity contribution in [1.82, 2.24) is 9.80 Å². The molecular formula is C26H40N2O4. The highest BCUT2D eigenvalue weighted by Crippen LogP contribution is 2.18. The van der Waals surface area contributed by atoms with Gasteiger partial charge < -0.3 is 19.3 Å². The van der Waals surface area contributed by atoms with E-state index in [1.807, 2.05) is 9.80 Å². The quantitative estimate of drug-likeness (QED) is 0.532. The maximum absolute atomic E-state index is 13.1. The van der Waals surface area contributed by atoms with Crippen molar-refractivity contribution in [3.63, 3.8) is 0 Å². The van der Waals surface area contributed by atoms with Crippen LogP contribution >= 0.6 is 0 Å². The number of ether oxygens (including phenoxy) is 2. The molecular weight excluding hydrogens is 404 g/mol. The van der Waals surface area contributed by atoms with Gasteiger partial charge in [0.05, 0.1) is 12.2 Å². The Bertz CT molecular complexity index is 648. The van der Waals surface area contributed by atoms with Crippen LogP contribution in [0.15, 0.2) is 24.3 Å². The molecule has 0 N–H and O–H groups in total. The van der Waals surface area contributed by atoms with Gasteiger partial charge in [0.1, 0.15) is 0 Å². The number of hydrogen-bond donors (Lipinski definition) is 0. The fourth-order valence-corrected chi connectivity index (χ4v) is 4.61. The molecule has 0 bridgehead atoms. The second kappa shape index (κ2) is 12.9. The molecule has 2 atom stereocenters. The predicted molar refractivity (Wildman–Crippen MR) is 126 cm³/mol. The largest absolute Gasteiger partial charge is 0.376 e. The predicted octanol–water partition coefficient (Wildman–Crippen LogP) is 4.53.